The summed E-state index contributed by atoms with van der Waals surface area (Å²) in [7, 11) is 0. The van der Waals surface area contributed by atoms with Gasteiger partial charge in [0.2, 0.25) is 0 Å². The number of nitrogens with two attached hydrogens (primary N) is 1. The number of nitrogens with zero attached hydrogens (tertiary/aromatic N) is 1. The van der Waals surface area contributed by atoms with Crippen LogP contribution in [0.5, 0.6) is 0 Å². The van der Waals surface area contributed by atoms with Gasteiger partial charge in [0.15, 0.2) is 0 Å². The number of imidazole rings is 1. The fourth-order valence-corrected chi connectivity index (χ4v) is 1.72. The SMILES string of the molecule is NNC(Cc1ccc(Cl)c(F)c1)c1ncc[nH]1. The molecule has 1 aromatic heterocycles. The lowest BCUT2D eigenvalue weighted by Crippen LogP contribution is -2.30. The second-order valence-corrected chi connectivity index (χ2v) is 4.05. The average molecular weight is 255 g/mol. The minimum Gasteiger partial charge on any atom is -0.347 e. The van der Waals surface area contributed by atoms with Gasteiger partial charge in [0, 0.05) is 12.4 Å². The van der Waals surface area contributed by atoms with E-state index in [0.29, 0.717) is 12.2 Å². The number of benzene rings is 1. The summed E-state index contributed by atoms with van der Waals surface area (Å²) in [5.74, 6) is 5.73. The van der Waals surface area contributed by atoms with Crippen molar-refractivity contribution in [3.63, 3.8) is 0 Å². The van der Waals surface area contributed by atoms with Gasteiger partial charge in [-0.2, -0.15) is 0 Å². The monoisotopic (exact) mass is 254 g/mol. The molecule has 0 saturated carbocycles. The second-order valence-electron chi connectivity index (χ2n) is 3.65. The molecule has 90 valence electrons. The third-order valence-electron chi connectivity index (χ3n) is 2.47. The number of hydrazine groups is 1. The minimum atomic E-state index is -0.431. The number of aromatic nitrogens is 2. The number of hydrogen-bond acceptors (Lipinski definition) is 3. The Balaban J connectivity index is 2.16. The number of hydrogen-bond donors (Lipinski definition) is 3. The van der Waals surface area contributed by atoms with Crippen LogP contribution < -0.4 is 11.3 Å². The summed E-state index contributed by atoms with van der Waals surface area (Å²) in [6.45, 7) is 0. The number of halogens is 2. The molecule has 0 saturated heterocycles. The minimum absolute atomic E-state index is 0.115. The third kappa shape index (κ3) is 2.82. The molecule has 0 aliphatic heterocycles. The van der Waals surface area contributed by atoms with Crippen molar-refractivity contribution in [1.82, 2.24) is 15.4 Å². The first-order valence-corrected chi connectivity index (χ1v) is 5.48. The van der Waals surface area contributed by atoms with Crippen molar-refractivity contribution in [3.05, 3.63) is 52.8 Å². The molecule has 0 aliphatic rings. The first-order chi connectivity index (χ1) is 8.20. The Hall–Kier alpha value is -1.43. The van der Waals surface area contributed by atoms with Crippen LogP contribution in [0.3, 0.4) is 0 Å². The Morgan fingerprint density at radius 2 is 2.35 bits per heavy atom. The standard InChI is InChI=1S/C11H12ClFN4/c12-8-2-1-7(5-9(8)13)6-10(17-14)11-15-3-4-16-11/h1-5,10,17H,6,14H2,(H,15,16). The highest BCUT2D eigenvalue weighted by Crippen LogP contribution is 2.19. The molecule has 0 amide bonds. The van der Waals surface area contributed by atoms with Crippen molar-refractivity contribution < 1.29 is 4.39 Å². The van der Waals surface area contributed by atoms with E-state index in [1.807, 2.05) is 0 Å². The highest BCUT2D eigenvalue weighted by molar-refractivity contribution is 6.30. The fraction of sp³-hybridized carbons (Fsp3) is 0.182. The zero-order valence-electron chi connectivity index (χ0n) is 8.95. The van der Waals surface area contributed by atoms with E-state index < -0.39 is 5.82 Å². The van der Waals surface area contributed by atoms with Gasteiger partial charge in [-0.3, -0.25) is 5.84 Å². The molecule has 2 aromatic rings. The molecule has 17 heavy (non-hydrogen) atoms. The number of nitrogens with one attached hydrogen (secondary N) is 2. The lowest BCUT2D eigenvalue weighted by molar-refractivity contribution is 0.525. The fourth-order valence-electron chi connectivity index (χ4n) is 1.60. The predicted octanol–water partition coefficient (Wildman–Crippen LogP) is 1.95. The maximum absolute atomic E-state index is 13.3. The van der Waals surface area contributed by atoms with Gasteiger partial charge in [0.1, 0.15) is 11.6 Å². The van der Waals surface area contributed by atoms with Gasteiger partial charge in [-0.25, -0.2) is 14.8 Å². The van der Waals surface area contributed by atoms with Gasteiger partial charge in [0.25, 0.3) is 0 Å². The molecule has 2 rings (SSSR count). The Morgan fingerprint density at radius 1 is 1.53 bits per heavy atom. The lowest BCUT2D eigenvalue weighted by Gasteiger charge is -2.13. The molecule has 0 bridgehead atoms. The summed E-state index contributed by atoms with van der Waals surface area (Å²) >= 11 is 5.62. The topological polar surface area (TPSA) is 66.7 Å². The molecular weight excluding hydrogens is 243 g/mol. The summed E-state index contributed by atoms with van der Waals surface area (Å²) in [6, 6.07) is 4.50. The Bertz CT molecular complexity index is 486. The van der Waals surface area contributed by atoms with Gasteiger partial charge >= 0.3 is 0 Å². The molecule has 0 fully saturated rings. The van der Waals surface area contributed by atoms with E-state index in [4.69, 9.17) is 17.4 Å². The molecule has 4 nitrogen and oxygen atoms in total. The highest BCUT2D eigenvalue weighted by atomic mass is 35.5. The van der Waals surface area contributed by atoms with Crippen LogP contribution in [0.25, 0.3) is 0 Å². The molecule has 0 aliphatic carbocycles. The molecule has 4 N–H and O–H groups in total. The van der Waals surface area contributed by atoms with E-state index in [9.17, 15) is 4.39 Å². The summed E-state index contributed by atoms with van der Waals surface area (Å²) in [4.78, 5) is 7.07. The van der Waals surface area contributed by atoms with Crippen LogP contribution in [0, 0.1) is 5.82 Å². The van der Waals surface area contributed by atoms with E-state index in [1.165, 1.54) is 12.1 Å². The molecule has 0 radical (unpaired) electrons. The smallest absolute Gasteiger partial charge is 0.142 e. The maximum Gasteiger partial charge on any atom is 0.142 e. The largest absolute Gasteiger partial charge is 0.347 e. The number of H-pyrrole nitrogens is 1. The summed E-state index contributed by atoms with van der Waals surface area (Å²) < 4.78 is 13.3. The molecule has 1 unspecified atom stereocenters. The van der Waals surface area contributed by atoms with Crippen molar-refractivity contribution in [3.8, 4) is 0 Å². The zero-order chi connectivity index (χ0) is 12.3. The van der Waals surface area contributed by atoms with Gasteiger partial charge in [0.05, 0.1) is 11.1 Å². The van der Waals surface area contributed by atoms with E-state index in [0.717, 1.165) is 5.56 Å². The number of rotatable bonds is 4. The van der Waals surface area contributed by atoms with Crippen LogP contribution in [-0.4, -0.2) is 9.97 Å². The first kappa shape index (κ1) is 12.0. The molecule has 0 spiro atoms. The van der Waals surface area contributed by atoms with Crippen molar-refractivity contribution in [2.24, 2.45) is 5.84 Å². The van der Waals surface area contributed by atoms with Crippen LogP contribution >= 0.6 is 11.6 Å². The number of aromatic amines is 1. The third-order valence-corrected chi connectivity index (χ3v) is 2.78. The second kappa shape index (κ2) is 5.27. The van der Waals surface area contributed by atoms with E-state index in [1.54, 1.807) is 18.5 Å². The van der Waals surface area contributed by atoms with Crippen LogP contribution in [-0.2, 0) is 6.42 Å². The van der Waals surface area contributed by atoms with Crippen LogP contribution in [0.2, 0.25) is 5.02 Å². The van der Waals surface area contributed by atoms with Gasteiger partial charge < -0.3 is 4.98 Å². The molecule has 1 aromatic carbocycles. The van der Waals surface area contributed by atoms with Gasteiger partial charge in [-0.1, -0.05) is 17.7 Å². The van der Waals surface area contributed by atoms with Crippen LogP contribution in [0.15, 0.2) is 30.6 Å². The average Bonchev–Trinajstić information content (AvgIpc) is 2.84. The molecule has 1 atom stereocenters. The van der Waals surface area contributed by atoms with E-state index in [-0.39, 0.29) is 11.1 Å². The van der Waals surface area contributed by atoms with Crippen LogP contribution in [0.4, 0.5) is 4.39 Å². The predicted molar refractivity (Wildman–Crippen MR) is 63.8 cm³/mol. The normalized spacial score (nSPS) is 12.6. The first-order valence-electron chi connectivity index (χ1n) is 5.10. The molecular formula is C11H12ClFN4. The van der Waals surface area contributed by atoms with E-state index in [2.05, 4.69) is 15.4 Å². The van der Waals surface area contributed by atoms with Crippen molar-refractivity contribution in [2.75, 3.05) is 0 Å². The Morgan fingerprint density at radius 3 is 2.94 bits per heavy atom. The van der Waals surface area contributed by atoms with Crippen LogP contribution in [0.1, 0.15) is 17.4 Å². The van der Waals surface area contributed by atoms with E-state index >= 15 is 0 Å². The maximum atomic E-state index is 13.3. The van der Waals surface area contributed by atoms with Crippen molar-refractivity contribution >= 4 is 11.6 Å². The Labute approximate surface area is 103 Å². The highest BCUT2D eigenvalue weighted by Gasteiger charge is 2.13. The molecule has 6 heteroatoms. The zero-order valence-corrected chi connectivity index (χ0v) is 9.71. The Kier molecular flexibility index (Phi) is 3.73. The van der Waals surface area contributed by atoms with Crippen molar-refractivity contribution in [1.29, 1.82) is 0 Å². The van der Waals surface area contributed by atoms with Crippen molar-refractivity contribution in [2.45, 2.75) is 12.5 Å². The van der Waals surface area contributed by atoms with Gasteiger partial charge in [-0.15, -0.1) is 0 Å². The van der Waals surface area contributed by atoms with Gasteiger partial charge in [-0.05, 0) is 24.1 Å². The quantitative estimate of drug-likeness (QED) is 0.577. The lowest BCUT2D eigenvalue weighted by atomic mass is 10.1. The summed E-state index contributed by atoms with van der Waals surface area (Å²) in [5, 5.41) is 0.115. The summed E-state index contributed by atoms with van der Waals surface area (Å²) in [5.41, 5.74) is 3.44. The molecule has 1 heterocycles. The summed E-state index contributed by atoms with van der Waals surface area (Å²) in [6.07, 6.45) is 3.88.